The van der Waals surface area contributed by atoms with E-state index in [1.165, 1.54) is 27.7 Å². The first-order valence-electron chi connectivity index (χ1n) is 13.2. The van der Waals surface area contributed by atoms with Crippen LogP contribution < -0.4 is 0 Å². The Hall–Kier alpha value is -3.06. The molecule has 2 saturated heterocycles. The van der Waals surface area contributed by atoms with Crippen molar-refractivity contribution in [1.82, 2.24) is 0 Å². The number of rotatable bonds is 9. The molecule has 2 heterocycles. The van der Waals surface area contributed by atoms with Gasteiger partial charge in [0.15, 0.2) is 30.7 Å². The Morgan fingerprint density at radius 1 is 0.600 bits per heavy atom. The van der Waals surface area contributed by atoms with Crippen LogP contribution in [0.25, 0.3) is 0 Å². The first-order chi connectivity index (χ1) is 18.9. The lowest BCUT2D eigenvalue weighted by Crippen LogP contribution is -2.65. The summed E-state index contributed by atoms with van der Waals surface area (Å²) in [6, 6.07) is 9.45. The van der Waals surface area contributed by atoms with E-state index in [0.717, 1.165) is 5.56 Å². The first kappa shape index (κ1) is 31.5. The van der Waals surface area contributed by atoms with Gasteiger partial charge in [0.05, 0.1) is 24.9 Å². The van der Waals surface area contributed by atoms with Gasteiger partial charge in [-0.25, -0.2) is 0 Å². The molecule has 0 saturated carbocycles. The van der Waals surface area contributed by atoms with Crippen LogP contribution in [0.4, 0.5) is 0 Å². The number of benzene rings is 1. The van der Waals surface area contributed by atoms with E-state index in [-0.39, 0.29) is 6.61 Å². The van der Waals surface area contributed by atoms with E-state index in [1.807, 2.05) is 30.3 Å². The molecule has 0 aromatic heterocycles. The number of ether oxygens (including phenoxy) is 8. The molecular formula is C28H38O12. The fourth-order valence-corrected chi connectivity index (χ4v) is 4.96. The zero-order valence-electron chi connectivity index (χ0n) is 23.8. The maximum absolute atomic E-state index is 12.1. The molecule has 1 aromatic carbocycles. The molecule has 0 spiro atoms. The van der Waals surface area contributed by atoms with Crippen molar-refractivity contribution in [1.29, 1.82) is 0 Å². The quantitative estimate of drug-likeness (QED) is 0.319. The van der Waals surface area contributed by atoms with Crippen molar-refractivity contribution in [3.63, 3.8) is 0 Å². The van der Waals surface area contributed by atoms with Gasteiger partial charge in [0, 0.05) is 27.7 Å². The maximum atomic E-state index is 12.1. The Balaban J connectivity index is 1.98. The van der Waals surface area contributed by atoms with E-state index >= 15 is 0 Å². The molecule has 3 rings (SSSR count). The van der Waals surface area contributed by atoms with E-state index in [2.05, 4.69) is 0 Å². The van der Waals surface area contributed by atoms with Crippen LogP contribution in [0.3, 0.4) is 0 Å². The SMILES string of the molecule is CC(=O)OC1C(C)OC(C)[C@H](OCc2ccccc2)[C@@H]1O[C@@H]1OC(C)[C@H](OC(C)=O)[C@H](OC(C)=O)C1OC(C)=O. The molecule has 1 aromatic rings. The molecule has 222 valence electrons. The summed E-state index contributed by atoms with van der Waals surface area (Å²) in [5, 5.41) is 0. The minimum absolute atomic E-state index is 0.208. The third kappa shape index (κ3) is 8.23. The van der Waals surface area contributed by atoms with Gasteiger partial charge in [0.25, 0.3) is 0 Å². The Morgan fingerprint density at radius 2 is 1.05 bits per heavy atom. The Kier molecular flexibility index (Phi) is 11.0. The summed E-state index contributed by atoms with van der Waals surface area (Å²) in [6.45, 7) is 10.2. The van der Waals surface area contributed by atoms with Crippen molar-refractivity contribution in [3.05, 3.63) is 35.9 Å². The summed E-state index contributed by atoms with van der Waals surface area (Å²) < 4.78 is 46.7. The lowest BCUT2D eigenvalue weighted by atomic mass is 9.94. The topological polar surface area (TPSA) is 142 Å². The van der Waals surface area contributed by atoms with E-state index in [0.29, 0.717) is 0 Å². The van der Waals surface area contributed by atoms with Gasteiger partial charge in [0.2, 0.25) is 0 Å². The second-order valence-corrected chi connectivity index (χ2v) is 9.91. The van der Waals surface area contributed by atoms with Crippen LogP contribution in [-0.4, -0.2) is 85.1 Å². The first-order valence-corrected chi connectivity index (χ1v) is 13.2. The average Bonchev–Trinajstić information content (AvgIpc) is 2.85. The van der Waals surface area contributed by atoms with Crippen molar-refractivity contribution in [2.45, 2.75) is 116 Å². The van der Waals surface area contributed by atoms with Crippen LogP contribution in [0, 0.1) is 0 Å². The number of esters is 4. The molecule has 5 unspecified atom stereocenters. The summed E-state index contributed by atoms with van der Waals surface area (Å²) >= 11 is 0. The lowest BCUT2D eigenvalue weighted by molar-refractivity contribution is -0.340. The van der Waals surface area contributed by atoms with Crippen LogP contribution in [0.1, 0.15) is 54.0 Å². The minimum atomic E-state index is -1.33. The van der Waals surface area contributed by atoms with Crippen LogP contribution in [0.5, 0.6) is 0 Å². The fraction of sp³-hybridized carbons (Fsp3) is 0.643. The van der Waals surface area contributed by atoms with Crippen LogP contribution >= 0.6 is 0 Å². The van der Waals surface area contributed by atoms with Gasteiger partial charge in [-0.15, -0.1) is 0 Å². The number of hydrogen-bond acceptors (Lipinski definition) is 12. The molecule has 0 N–H and O–H groups in total. The monoisotopic (exact) mass is 566 g/mol. The fourth-order valence-electron chi connectivity index (χ4n) is 4.96. The van der Waals surface area contributed by atoms with Gasteiger partial charge in [-0.1, -0.05) is 30.3 Å². The van der Waals surface area contributed by atoms with E-state index in [1.54, 1.807) is 20.8 Å². The van der Waals surface area contributed by atoms with Crippen molar-refractivity contribution < 1.29 is 57.1 Å². The summed E-state index contributed by atoms with van der Waals surface area (Å²) in [5.41, 5.74) is 0.899. The third-order valence-corrected chi connectivity index (χ3v) is 6.51. The van der Waals surface area contributed by atoms with Gasteiger partial charge >= 0.3 is 23.9 Å². The van der Waals surface area contributed by atoms with Crippen LogP contribution in [-0.2, 0) is 63.7 Å². The third-order valence-electron chi connectivity index (χ3n) is 6.51. The van der Waals surface area contributed by atoms with E-state index in [9.17, 15) is 19.2 Å². The molecule has 0 radical (unpaired) electrons. The summed E-state index contributed by atoms with van der Waals surface area (Å²) in [5.74, 6) is -2.61. The zero-order chi connectivity index (χ0) is 29.6. The van der Waals surface area contributed by atoms with Gasteiger partial charge in [0.1, 0.15) is 12.2 Å². The van der Waals surface area contributed by atoms with Crippen molar-refractivity contribution >= 4 is 23.9 Å². The van der Waals surface area contributed by atoms with Crippen molar-refractivity contribution in [2.24, 2.45) is 0 Å². The molecule has 2 aliphatic heterocycles. The van der Waals surface area contributed by atoms with Gasteiger partial charge in [-0.2, -0.15) is 0 Å². The minimum Gasteiger partial charge on any atom is -0.457 e. The smallest absolute Gasteiger partial charge is 0.303 e. The van der Waals surface area contributed by atoms with Gasteiger partial charge in [-0.05, 0) is 26.3 Å². The van der Waals surface area contributed by atoms with Crippen molar-refractivity contribution in [2.75, 3.05) is 0 Å². The Morgan fingerprint density at radius 3 is 1.60 bits per heavy atom. The highest BCUT2D eigenvalue weighted by atomic mass is 16.7. The lowest BCUT2D eigenvalue weighted by Gasteiger charge is -2.48. The number of carbonyl (C=O) groups is 4. The highest BCUT2D eigenvalue weighted by Gasteiger charge is 2.54. The van der Waals surface area contributed by atoms with E-state index < -0.39 is 85.1 Å². The number of hydrogen-bond donors (Lipinski definition) is 0. The highest BCUT2D eigenvalue weighted by Crippen LogP contribution is 2.35. The maximum Gasteiger partial charge on any atom is 0.303 e. The Labute approximate surface area is 233 Å². The molecule has 0 amide bonds. The normalized spacial score (nSPS) is 33.9. The molecule has 0 bridgehead atoms. The molecule has 2 fully saturated rings. The Bertz CT molecular complexity index is 1030. The molecule has 10 atom stereocenters. The number of carbonyl (C=O) groups excluding carboxylic acids is 4. The van der Waals surface area contributed by atoms with Crippen LogP contribution in [0.2, 0.25) is 0 Å². The predicted octanol–water partition coefficient (Wildman–Crippen LogP) is 2.24. The molecule has 0 aliphatic carbocycles. The largest absolute Gasteiger partial charge is 0.457 e. The van der Waals surface area contributed by atoms with Crippen LogP contribution in [0.15, 0.2) is 30.3 Å². The molecular weight excluding hydrogens is 528 g/mol. The molecule has 2 aliphatic rings. The summed E-state index contributed by atoms with van der Waals surface area (Å²) in [7, 11) is 0. The molecule has 12 nitrogen and oxygen atoms in total. The standard InChI is InChI=1S/C28H38O12/c1-14-22(33-13-21-11-9-8-10-12-21)25(23(15(2)34-14)36-17(4)29)40-28-27(39-20(7)32)26(38-19(6)31)24(16(3)35-28)37-18(5)30/h8-12,14-16,22-28H,13H2,1-7H3/t14?,15?,16?,22-,23?,24-,25-,26-,27?,28-/m0/s1. The van der Waals surface area contributed by atoms with Crippen molar-refractivity contribution in [3.8, 4) is 0 Å². The zero-order valence-corrected chi connectivity index (χ0v) is 23.8. The highest BCUT2D eigenvalue weighted by molar-refractivity contribution is 5.68. The molecule has 12 heteroatoms. The molecule has 40 heavy (non-hydrogen) atoms. The second kappa shape index (κ2) is 14.0. The second-order valence-electron chi connectivity index (χ2n) is 9.91. The van der Waals surface area contributed by atoms with Gasteiger partial charge < -0.3 is 37.9 Å². The summed E-state index contributed by atoms with van der Waals surface area (Å²) in [6.07, 6.45) is -9.55. The predicted molar refractivity (Wildman–Crippen MR) is 136 cm³/mol. The summed E-state index contributed by atoms with van der Waals surface area (Å²) in [4.78, 5) is 48.1. The van der Waals surface area contributed by atoms with Gasteiger partial charge in [-0.3, -0.25) is 19.2 Å². The van der Waals surface area contributed by atoms with E-state index in [4.69, 9.17) is 37.9 Å². The average molecular weight is 567 g/mol.